The zero-order chi connectivity index (χ0) is 12.3. The summed E-state index contributed by atoms with van der Waals surface area (Å²) in [5.41, 5.74) is 1.00. The van der Waals surface area contributed by atoms with Crippen molar-refractivity contribution in [2.45, 2.75) is 63.1 Å². The lowest BCUT2D eigenvalue weighted by molar-refractivity contribution is 0.202. The number of rotatable bonds is 4. The Hall–Kier alpha value is -0.0600. The number of nitrogens with zero attached hydrogens (tertiary/aromatic N) is 1. The average Bonchev–Trinajstić information content (AvgIpc) is 2.69. The second-order valence-corrected chi connectivity index (χ2v) is 7.21. The molecule has 1 saturated carbocycles. The van der Waals surface area contributed by atoms with E-state index in [0.717, 1.165) is 21.6 Å². The van der Waals surface area contributed by atoms with Crippen LogP contribution in [0.15, 0.2) is 0 Å². The molecular formula is C13H21NOS2. The van der Waals surface area contributed by atoms with E-state index in [-0.39, 0.29) is 6.10 Å². The standard InChI is InChI=1S/C13H21NOS2/c1-9-13(10(2)15)17-12(14-9)8-16-11-6-4-3-5-7-11/h10-11,15H,3-8H2,1-2H3. The van der Waals surface area contributed by atoms with E-state index in [1.807, 2.05) is 13.8 Å². The number of thiazole rings is 1. The Morgan fingerprint density at radius 2 is 2.12 bits per heavy atom. The van der Waals surface area contributed by atoms with E-state index in [1.54, 1.807) is 11.3 Å². The molecule has 0 radical (unpaired) electrons. The smallest absolute Gasteiger partial charge is 0.103 e. The van der Waals surface area contributed by atoms with E-state index in [9.17, 15) is 5.11 Å². The Morgan fingerprint density at radius 1 is 1.41 bits per heavy atom. The summed E-state index contributed by atoms with van der Waals surface area (Å²) in [5, 5.41) is 11.6. The van der Waals surface area contributed by atoms with Crippen LogP contribution in [0.5, 0.6) is 0 Å². The van der Waals surface area contributed by atoms with Crippen molar-refractivity contribution in [3.05, 3.63) is 15.6 Å². The van der Waals surface area contributed by atoms with E-state index in [4.69, 9.17) is 0 Å². The molecule has 0 saturated heterocycles. The molecule has 1 aliphatic rings. The van der Waals surface area contributed by atoms with Crippen LogP contribution in [0.1, 0.15) is 60.7 Å². The first kappa shape index (κ1) is 13.4. The molecule has 1 heterocycles. The molecule has 17 heavy (non-hydrogen) atoms. The van der Waals surface area contributed by atoms with E-state index in [0.29, 0.717) is 0 Å². The summed E-state index contributed by atoms with van der Waals surface area (Å²) < 4.78 is 0. The highest BCUT2D eigenvalue weighted by atomic mass is 32.2. The summed E-state index contributed by atoms with van der Waals surface area (Å²) in [4.78, 5) is 5.59. The SMILES string of the molecule is Cc1nc(CSC2CCCCC2)sc1C(C)O. The van der Waals surface area contributed by atoms with Crippen molar-refractivity contribution in [2.75, 3.05) is 0 Å². The Bertz CT molecular complexity index is 356. The molecule has 96 valence electrons. The number of aliphatic hydroxyl groups is 1. The molecule has 0 aromatic carbocycles. The molecule has 1 aliphatic carbocycles. The van der Waals surface area contributed by atoms with Crippen molar-refractivity contribution >= 4 is 23.1 Å². The molecule has 0 spiro atoms. The summed E-state index contributed by atoms with van der Waals surface area (Å²) in [6.45, 7) is 3.81. The highest BCUT2D eigenvalue weighted by Gasteiger charge is 2.16. The van der Waals surface area contributed by atoms with Crippen LogP contribution in [0.2, 0.25) is 0 Å². The van der Waals surface area contributed by atoms with Crippen molar-refractivity contribution in [1.82, 2.24) is 4.98 Å². The van der Waals surface area contributed by atoms with Crippen LogP contribution in [0, 0.1) is 6.92 Å². The normalized spacial score (nSPS) is 19.5. The average molecular weight is 271 g/mol. The van der Waals surface area contributed by atoms with Gasteiger partial charge >= 0.3 is 0 Å². The van der Waals surface area contributed by atoms with Gasteiger partial charge in [-0.05, 0) is 26.7 Å². The molecule has 1 fully saturated rings. The maximum absolute atomic E-state index is 9.60. The molecule has 1 atom stereocenters. The Balaban J connectivity index is 1.88. The van der Waals surface area contributed by atoms with Crippen molar-refractivity contribution in [2.24, 2.45) is 0 Å². The van der Waals surface area contributed by atoms with Crippen LogP contribution < -0.4 is 0 Å². The van der Waals surface area contributed by atoms with Crippen molar-refractivity contribution in [3.63, 3.8) is 0 Å². The summed E-state index contributed by atoms with van der Waals surface area (Å²) in [7, 11) is 0. The van der Waals surface area contributed by atoms with Gasteiger partial charge in [-0.15, -0.1) is 11.3 Å². The minimum absolute atomic E-state index is 0.374. The van der Waals surface area contributed by atoms with E-state index in [1.165, 1.54) is 37.1 Å². The molecule has 1 aromatic heterocycles. The molecule has 0 bridgehead atoms. The first-order valence-electron chi connectivity index (χ1n) is 6.42. The molecule has 0 aliphatic heterocycles. The molecule has 2 rings (SSSR count). The van der Waals surface area contributed by atoms with E-state index in [2.05, 4.69) is 16.7 Å². The Morgan fingerprint density at radius 3 is 2.71 bits per heavy atom. The fraction of sp³-hybridized carbons (Fsp3) is 0.769. The largest absolute Gasteiger partial charge is 0.388 e. The van der Waals surface area contributed by atoms with Crippen LogP contribution in [0.25, 0.3) is 0 Å². The quantitative estimate of drug-likeness (QED) is 0.896. The predicted octanol–water partition coefficient (Wildman–Crippen LogP) is 4.07. The molecular weight excluding hydrogens is 250 g/mol. The second-order valence-electron chi connectivity index (χ2n) is 4.80. The van der Waals surface area contributed by atoms with Gasteiger partial charge in [-0.2, -0.15) is 11.8 Å². The van der Waals surface area contributed by atoms with Crippen LogP contribution in [0.4, 0.5) is 0 Å². The van der Waals surface area contributed by atoms with Crippen molar-refractivity contribution in [1.29, 1.82) is 0 Å². The third-order valence-corrected chi connectivity index (χ3v) is 6.14. The lowest BCUT2D eigenvalue weighted by Gasteiger charge is -2.20. The predicted molar refractivity (Wildman–Crippen MR) is 75.7 cm³/mol. The van der Waals surface area contributed by atoms with Crippen LogP contribution >= 0.6 is 23.1 Å². The third kappa shape index (κ3) is 3.70. The van der Waals surface area contributed by atoms with Gasteiger partial charge in [0.2, 0.25) is 0 Å². The highest BCUT2D eigenvalue weighted by molar-refractivity contribution is 7.99. The van der Waals surface area contributed by atoms with Gasteiger partial charge in [-0.1, -0.05) is 19.3 Å². The summed E-state index contributed by atoms with van der Waals surface area (Å²) >= 11 is 3.72. The lowest BCUT2D eigenvalue weighted by Crippen LogP contribution is -2.08. The second kappa shape index (κ2) is 6.21. The zero-order valence-electron chi connectivity index (χ0n) is 10.6. The number of hydrogen-bond acceptors (Lipinski definition) is 4. The van der Waals surface area contributed by atoms with Crippen LogP contribution in [0.3, 0.4) is 0 Å². The molecule has 1 aromatic rings. The molecule has 1 unspecified atom stereocenters. The van der Waals surface area contributed by atoms with E-state index < -0.39 is 0 Å². The maximum atomic E-state index is 9.60. The minimum atomic E-state index is -0.374. The van der Waals surface area contributed by atoms with Gasteiger partial charge in [0.1, 0.15) is 5.01 Å². The lowest BCUT2D eigenvalue weighted by atomic mass is 10.0. The molecule has 4 heteroatoms. The Kier molecular flexibility index (Phi) is 4.88. The topological polar surface area (TPSA) is 33.1 Å². The summed E-state index contributed by atoms with van der Waals surface area (Å²) in [5.74, 6) is 1.02. The Labute approximate surface area is 112 Å². The third-order valence-electron chi connectivity index (χ3n) is 3.25. The van der Waals surface area contributed by atoms with Crippen molar-refractivity contribution < 1.29 is 5.11 Å². The number of aryl methyl sites for hydroxylation is 1. The molecule has 1 N–H and O–H groups in total. The van der Waals surface area contributed by atoms with Crippen LogP contribution in [-0.4, -0.2) is 15.3 Å². The number of aliphatic hydroxyl groups excluding tert-OH is 1. The minimum Gasteiger partial charge on any atom is -0.388 e. The van der Waals surface area contributed by atoms with E-state index >= 15 is 0 Å². The van der Waals surface area contributed by atoms with Gasteiger partial charge in [-0.25, -0.2) is 4.98 Å². The van der Waals surface area contributed by atoms with Gasteiger partial charge in [0, 0.05) is 11.0 Å². The molecule has 0 amide bonds. The monoisotopic (exact) mass is 271 g/mol. The first-order valence-corrected chi connectivity index (χ1v) is 8.29. The van der Waals surface area contributed by atoms with Gasteiger partial charge in [-0.3, -0.25) is 0 Å². The summed E-state index contributed by atoms with van der Waals surface area (Å²) in [6.07, 6.45) is 6.58. The molecule has 2 nitrogen and oxygen atoms in total. The van der Waals surface area contributed by atoms with Crippen LogP contribution in [-0.2, 0) is 5.75 Å². The summed E-state index contributed by atoms with van der Waals surface area (Å²) in [6, 6.07) is 0. The number of thioether (sulfide) groups is 1. The van der Waals surface area contributed by atoms with Gasteiger partial charge < -0.3 is 5.11 Å². The number of aromatic nitrogens is 1. The zero-order valence-corrected chi connectivity index (χ0v) is 12.2. The highest BCUT2D eigenvalue weighted by Crippen LogP contribution is 2.33. The first-order chi connectivity index (χ1) is 8.16. The fourth-order valence-corrected chi connectivity index (χ4v) is 4.69. The van der Waals surface area contributed by atoms with Crippen molar-refractivity contribution in [3.8, 4) is 0 Å². The number of hydrogen-bond donors (Lipinski definition) is 1. The van der Waals surface area contributed by atoms with Gasteiger partial charge in [0.05, 0.1) is 16.7 Å². The fourth-order valence-electron chi connectivity index (χ4n) is 2.34. The maximum Gasteiger partial charge on any atom is 0.103 e. The van der Waals surface area contributed by atoms with Gasteiger partial charge in [0.25, 0.3) is 0 Å². The van der Waals surface area contributed by atoms with Gasteiger partial charge in [0.15, 0.2) is 0 Å².